The van der Waals surface area contributed by atoms with Gasteiger partial charge in [-0.05, 0) is 18.9 Å². The second-order valence-electron chi connectivity index (χ2n) is 7.64. The molecule has 0 saturated carbocycles. The van der Waals surface area contributed by atoms with Gasteiger partial charge in [-0.25, -0.2) is 0 Å². The maximum absolute atomic E-state index is 11.7. The molecule has 0 radical (unpaired) electrons. The number of para-hydroxylation sites is 1. The van der Waals surface area contributed by atoms with Crippen molar-refractivity contribution in [2.75, 3.05) is 26.3 Å². The van der Waals surface area contributed by atoms with Crippen LogP contribution >= 0.6 is 0 Å². The molecule has 1 N–H and O–H groups in total. The van der Waals surface area contributed by atoms with E-state index in [0.29, 0.717) is 12.1 Å². The van der Waals surface area contributed by atoms with Gasteiger partial charge in [0.25, 0.3) is 0 Å². The highest BCUT2D eigenvalue weighted by molar-refractivity contribution is 5.73. The van der Waals surface area contributed by atoms with Crippen LogP contribution in [-0.4, -0.2) is 48.8 Å². The summed E-state index contributed by atoms with van der Waals surface area (Å²) >= 11 is 0. The number of fused-ring (bicyclic) bond motifs is 1. The number of piperidine rings is 1. The van der Waals surface area contributed by atoms with Gasteiger partial charge in [0.1, 0.15) is 11.4 Å². The number of benzene rings is 1. The summed E-state index contributed by atoms with van der Waals surface area (Å²) in [6.07, 6.45) is 4.95. The number of ether oxygens (including phenoxy) is 2. The Hall–Kier alpha value is -1.59. The monoisotopic (exact) mass is 344 g/mol. The van der Waals surface area contributed by atoms with Crippen molar-refractivity contribution in [3.63, 3.8) is 0 Å². The number of hydrogen-bond donors (Lipinski definition) is 1. The maximum Gasteiger partial charge on any atom is 0.219 e. The van der Waals surface area contributed by atoms with Crippen LogP contribution in [0.1, 0.15) is 50.6 Å². The second kappa shape index (κ2) is 6.96. The zero-order valence-electron chi connectivity index (χ0n) is 15.0. The summed E-state index contributed by atoms with van der Waals surface area (Å²) in [7, 11) is 0. The average molecular weight is 344 g/mol. The lowest BCUT2D eigenvalue weighted by atomic mass is 9.80. The topological polar surface area (TPSA) is 50.8 Å². The Kier molecular flexibility index (Phi) is 4.69. The van der Waals surface area contributed by atoms with Crippen LogP contribution in [-0.2, 0) is 9.53 Å². The van der Waals surface area contributed by atoms with Crippen LogP contribution in [0.15, 0.2) is 24.3 Å². The van der Waals surface area contributed by atoms with E-state index < -0.39 is 0 Å². The highest BCUT2D eigenvalue weighted by Crippen LogP contribution is 2.44. The van der Waals surface area contributed by atoms with Gasteiger partial charge in [-0.1, -0.05) is 18.2 Å². The van der Waals surface area contributed by atoms with E-state index in [2.05, 4.69) is 23.5 Å². The molecule has 136 valence electrons. The minimum atomic E-state index is -0.150. The molecule has 5 nitrogen and oxygen atoms in total. The van der Waals surface area contributed by atoms with Crippen LogP contribution in [0, 0.1) is 0 Å². The molecule has 3 heterocycles. The third-order valence-electron chi connectivity index (χ3n) is 5.98. The van der Waals surface area contributed by atoms with E-state index in [-0.39, 0.29) is 11.5 Å². The highest BCUT2D eigenvalue weighted by Gasteiger charge is 2.44. The molecule has 0 aromatic heterocycles. The third-order valence-corrected chi connectivity index (χ3v) is 5.98. The Morgan fingerprint density at radius 3 is 2.64 bits per heavy atom. The van der Waals surface area contributed by atoms with E-state index in [1.54, 1.807) is 6.92 Å². The fourth-order valence-corrected chi connectivity index (χ4v) is 4.45. The largest absolute Gasteiger partial charge is 0.487 e. The van der Waals surface area contributed by atoms with Crippen LogP contribution in [0.25, 0.3) is 0 Å². The Bertz CT molecular complexity index is 619. The third kappa shape index (κ3) is 3.53. The molecule has 1 amide bonds. The summed E-state index contributed by atoms with van der Waals surface area (Å²) < 4.78 is 12.0. The van der Waals surface area contributed by atoms with Crippen LogP contribution in [0.2, 0.25) is 0 Å². The number of rotatable bonds is 2. The highest BCUT2D eigenvalue weighted by atomic mass is 16.5. The van der Waals surface area contributed by atoms with E-state index in [4.69, 9.17) is 9.47 Å². The van der Waals surface area contributed by atoms with Gasteiger partial charge in [0.2, 0.25) is 5.91 Å². The summed E-state index contributed by atoms with van der Waals surface area (Å²) in [5.74, 6) is 1.18. The number of likely N-dealkylation sites (tertiary alicyclic amines) is 1. The normalized spacial score (nSPS) is 26.1. The van der Waals surface area contributed by atoms with Crippen molar-refractivity contribution in [2.45, 2.75) is 56.7 Å². The van der Waals surface area contributed by atoms with Crippen LogP contribution in [0.5, 0.6) is 5.75 Å². The molecule has 1 unspecified atom stereocenters. The number of carbonyl (C=O) groups excluding carboxylic acids is 1. The molecule has 25 heavy (non-hydrogen) atoms. The van der Waals surface area contributed by atoms with Gasteiger partial charge in [-0.2, -0.15) is 0 Å². The number of carbonyl (C=O) groups is 1. The predicted molar refractivity (Wildman–Crippen MR) is 95.6 cm³/mol. The van der Waals surface area contributed by atoms with Crippen molar-refractivity contribution in [1.82, 2.24) is 10.2 Å². The van der Waals surface area contributed by atoms with Crippen LogP contribution < -0.4 is 10.1 Å². The fraction of sp³-hybridized carbons (Fsp3) is 0.650. The zero-order valence-corrected chi connectivity index (χ0v) is 15.0. The molecule has 2 saturated heterocycles. The first kappa shape index (κ1) is 16.9. The molecular formula is C20H28N2O3. The fourth-order valence-electron chi connectivity index (χ4n) is 4.45. The zero-order chi connectivity index (χ0) is 17.3. The van der Waals surface area contributed by atoms with Gasteiger partial charge < -0.3 is 19.7 Å². The van der Waals surface area contributed by atoms with Gasteiger partial charge in [0.05, 0.1) is 0 Å². The average Bonchev–Trinajstić information content (AvgIpc) is 2.63. The Balaban J connectivity index is 1.53. The minimum absolute atomic E-state index is 0.150. The molecule has 5 heteroatoms. The van der Waals surface area contributed by atoms with E-state index in [1.807, 2.05) is 11.0 Å². The van der Waals surface area contributed by atoms with Crippen molar-refractivity contribution in [3.8, 4) is 5.75 Å². The summed E-state index contributed by atoms with van der Waals surface area (Å²) in [5, 5.41) is 3.88. The van der Waals surface area contributed by atoms with E-state index in [0.717, 1.165) is 64.2 Å². The predicted octanol–water partition coefficient (Wildman–Crippen LogP) is 2.66. The molecule has 0 aliphatic carbocycles. The van der Waals surface area contributed by atoms with Crippen molar-refractivity contribution < 1.29 is 14.3 Å². The Labute approximate surface area is 149 Å². The molecule has 1 spiro atoms. The Morgan fingerprint density at radius 2 is 1.92 bits per heavy atom. The van der Waals surface area contributed by atoms with Crippen molar-refractivity contribution in [1.29, 1.82) is 0 Å². The molecule has 3 aliphatic heterocycles. The molecule has 2 fully saturated rings. The van der Waals surface area contributed by atoms with Crippen molar-refractivity contribution >= 4 is 5.91 Å². The van der Waals surface area contributed by atoms with Gasteiger partial charge in [-0.3, -0.25) is 4.79 Å². The molecule has 3 aliphatic rings. The standard InChI is InChI=1S/C20H28N2O3/c1-15(23)22-10-8-20(9-11-22)14-18(21-16-6-12-24-13-7-16)17-4-2-3-5-19(17)25-20/h2-5,16,18,21H,6-14H2,1H3. The van der Waals surface area contributed by atoms with Gasteiger partial charge in [0.15, 0.2) is 0 Å². The first-order valence-electron chi connectivity index (χ1n) is 9.52. The number of amides is 1. The number of hydrogen-bond acceptors (Lipinski definition) is 4. The summed E-state index contributed by atoms with van der Waals surface area (Å²) in [5.41, 5.74) is 1.12. The van der Waals surface area contributed by atoms with Crippen LogP contribution in [0.3, 0.4) is 0 Å². The minimum Gasteiger partial charge on any atom is -0.487 e. The molecule has 4 rings (SSSR count). The number of nitrogens with one attached hydrogen (secondary N) is 1. The molecule has 1 atom stereocenters. The second-order valence-corrected chi connectivity index (χ2v) is 7.64. The van der Waals surface area contributed by atoms with E-state index in [1.165, 1.54) is 5.56 Å². The smallest absolute Gasteiger partial charge is 0.219 e. The van der Waals surface area contributed by atoms with Gasteiger partial charge in [-0.15, -0.1) is 0 Å². The van der Waals surface area contributed by atoms with Gasteiger partial charge >= 0.3 is 0 Å². The van der Waals surface area contributed by atoms with Crippen LogP contribution in [0.4, 0.5) is 0 Å². The number of nitrogens with zero attached hydrogens (tertiary/aromatic N) is 1. The molecule has 0 bridgehead atoms. The summed E-state index contributed by atoms with van der Waals surface area (Å²) in [4.78, 5) is 13.6. The van der Waals surface area contributed by atoms with Crippen molar-refractivity contribution in [3.05, 3.63) is 29.8 Å². The lowest BCUT2D eigenvalue weighted by Gasteiger charge is -2.47. The molecule has 1 aromatic rings. The SMILES string of the molecule is CC(=O)N1CCC2(CC1)CC(NC1CCOCC1)c1ccccc1O2. The first-order chi connectivity index (χ1) is 12.2. The quantitative estimate of drug-likeness (QED) is 0.896. The molecule has 1 aromatic carbocycles. The van der Waals surface area contributed by atoms with Gasteiger partial charge in [0, 0.05) is 70.1 Å². The van der Waals surface area contributed by atoms with E-state index >= 15 is 0 Å². The maximum atomic E-state index is 11.7. The Morgan fingerprint density at radius 1 is 1.20 bits per heavy atom. The lowest BCUT2D eigenvalue weighted by molar-refractivity contribution is -0.133. The lowest BCUT2D eigenvalue weighted by Crippen LogP contribution is -2.53. The first-order valence-corrected chi connectivity index (χ1v) is 9.52. The van der Waals surface area contributed by atoms with E-state index in [9.17, 15) is 4.79 Å². The van der Waals surface area contributed by atoms with Crippen molar-refractivity contribution in [2.24, 2.45) is 0 Å². The summed E-state index contributed by atoms with van der Waals surface area (Å²) in [6.45, 7) is 4.94. The summed E-state index contributed by atoms with van der Waals surface area (Å²) in [6, 6.07) is 9.25. The molecular weight excluding hydrogens is 316 g/mol.